The number of unbranched alkanes of at least 4 members (excludes halogenated alkanes) is 1. The lowest BCUT2D eigenvalue weighted by atomic mass is 9.87. The van der Waals surface area contributed by atoms with Crippen LogP contribution in [0, 0.1) is 11.8 Å². The number of rotatable bonds is 8. The van der Waals surface area contributed by atoms with Gasteiger partial charge in [-0.3, -0.25) is 0 Å². The lowest BCUT2D eigenvalue weighted by Gasteiger charge is -2.19. The summed E-state index contributed by atoms with van der Waals surface area (Å²) in [7, 11) is 0. The van der Waals surface area contributed by atoms with E-state index in [1.807, 2.05) is 6.92 Å². The molecule has 17 heavy (non-hydrogen) atoms. The summed E-state index contributed by atoms with van der Waals surface area (Å²) in [5.41, 5.74) is 0. The highest BCUT2D eigenvalue weighted by atomic mass is 16.1. The van der Waals surface area contributed by atoms with Gasteiger partial charge in [-0.25, -0.2) is 0 Å². The third-order valence-electron chi connectivity index (χ3n) is 3.13. The SMILES string of the molecule is CCCC(C)=O.CCCCC(CCC)C(C)C. The van der Waals surface area contributed by atoms with Crippen LogP contribution in [0.1, 0.15) is 86.5 Å². The molecule has 0 saturated heterocycles. The molecule has 0 aromatic heterocycles. The van der Waals surface area contributed by atoms with Crippen molar-refractivity contribution in [2.75, 3.05) is 0 Å². The second-order valence-corrected chi connectivity index (χ2v) is 5.39. The molecule has 0 spiro atoms. The van der Waals surface area contributed by atoms with Crippen molar-refractivity contribution < 1.29 is 4.79 Å². The van der Waals surface area contributed by atoms with Gasteiger partial charge in [0.15, 0.2) is 0 Å². The largest absolute Gasteiger partial charge is 0.300 e. The number of hydrogen-bond acceptors (Lipinski definition) is 1. The molecule has 0 aromatic rings. The fraction of sp³-hybridized carbons (Fsp3) is 0.938. The smallest absolute Gasteiger partial charge is 0.129 e. The molecule has 1 nitrogen and oxygen atoms in total. The zero-order chi connectivity index (χ0) is 13.7. The van der Waals surface area contributed by atoms with Crippen molar-refractivity contribution in [2.24, 2.45) is 11.8 Å². The Bertz CT molecular complexity index is 161. The molecule has 1 unspecified atom stereocenters. The van der Waals surface area contributed by atoms with Crippen molar-refractivity contribution in [1.82, 2.24) is 0 Å². The Hall–Kier alpha value is -0.330. The van der Waals surface area contributed by atoms with E-state index in [0.29, 0.717) is 0 Å². The summed E-state index contributed by atoms with van der Waals surface area (Å²) in [6, 6.07) is 0. The van der Waals surface area contributed by atoms with Gasteiger partial charge in [0, 0.05) is 6.42 Å². The van der Waals surface area contributed by atoms with Gasteiger partial charge in [0.2, 0.25) is 0 Å². The molecule has 0 rings (SSSR count). The van der Waals surface area contributed by atoms with Gasteiger partial charge < -0.3 is 4.79 Å². The lowest BCUT2D eigenvalue weighted by molar-refractivity contribution is -0.117. The predicted molar refractivity (Wildman–Crippen MR) is 78.4 cm³/mol. The van der Waals surface area contributed by atoms with Crippen LogP contribution in [0.3, 0.4) is 0 Å². The molecule has 0 N–H and O–H groups in total. The van der Waals surface area contributed by atoms with Crippen LogP contribution in [0.15, 0.2) is 0 Å². The maximum absolute atomic E-state index is 10.0. The first-order valence-electron chi connectivity index (χ1n) is 7.48. The molecule has 0 aliphatic heterocycles. The monoisotopic (exact) mass is 242 g/mol. The number of carbonyl (C=O) groups is 1. The van der Waals surface area contributed by atoms with E-state index < -0.39 is 0 Å². The Morgan fingerprint density at radius 1 is 0.941 bits per heavy atom. The summed E-state index contributed by atoms with van der Waals surface area (Å²) in [6.07, 6.45) is 8.72. The molecule has 1 atom stereocenters. The van der Waals surface area contributed by atoms with Crippen LogP contribution in [-0.4, -0.2) is 5.78 Å². The van der Waals surface area contributed by atoms with Crippen LogP contribution in [0.4, 0.5) is 0 Å². The predicted octanol–water partition coefficient (Wildman–Crippen LogP) is 5.62. The van der Waals surface area contributed by atoms with Crippen molar-refractivity contribution in [3.8, 4) is 0 Å². The van der Waals surface area contributed by atoms with E-state index >= 15 is 0 Å². The second kappa shape index (κ2) is 13.7. The molecule has 0 aliphatic carbocycles. The Morgan fingerprint density at radius 2 is 1.53 bits per heavy atom. The minimum Gasteiger partial charge on any atom is -0.300 e. The fourth-order valence-electron chi connectivity index (χ4n) is 2.00. The number of ketones is 1. The maximum Gasteiger partial charge on any atom is 0.129 e. The molecular weight excluding hydrogens is 208 g/mol. The molecular formula is C16H34O. The van der Waals surface area contributed by atoms with Crippen LogP contribution < -0.4 is 0 Å². The average molecular weight is 242 g/mol. The first kappa shape index (κ1) is 19.0. The van der Waals surface area contributed by atoms with Gasteiger partial charge in [0.1, 0.15) is 5.78 Å². The number of Topliss-reactive ketones (excluding diaryl/α,β-unsaturated/α-hetero) is 1. The minimum atomic E-state index is 0.289. The molecule has 0 saturated carbocycles. The van der Waals surface area contributed by atoms with E-state index in [9.17, 15) is 4.79 Å². The molecule has 0 heterocycles. The van der Waals surface area contributed by atoms with E-state index in [-0.39, 0.29) is 5.78 Å². The Morgan fingerprint density at radius 3 is 1.76 bits per heavy atom. The summed E-state index contributed by atoms with van der Waals surface area (Å²) in [6.45, 7) is 12.9. The van der Waals surface area contributed by atoms with Crippen LogP contribution >= 0.6 is 0 Å². The van der Waals surface area contributed by atoms with Crippen LogP contribution in [0.5, 0.6) is 0 Å². The van der Waals surface area contributed by atoms with Crippen molar-refractivity contribution >= 4 is 5.78 Å². The topological polar surface area (TPSA) is 17.1 Å². The third-order valence-corrected chi connectivity index (χ3v) is 3.13. The van der Waals surface area contributed by atoms with E-state index in [1.54, 1.807) is 6.92 Å². The van der Waals surface area contributed by atoms with Gasteiger partial charge in [-0.05, 0) is 25.2 Å². The first-order valence-corrected chi connectivity index (χ1v) is 7.48. The fourth-order valence-corrected chi connectivity index (χ4v) is 2.00. The molecule has 0 aliphatic rings. The van der Waals surface area contributed by atoms with Gasteiger partial charge in [-0.15, -0.1) is 0 Å². The zero-order valence-electron chi connectivity index (χ0n) is 13.0. The van der Waals surface area contributed by atoms with Crippen LogP contribution in [0.2, 0.25) is 0 Å². The highest BCUT2D eigenvalue weighted by molar-refractivity contribution is 5.75. The molecule has 0 bridgehead atoms. The minimum absolute atomic E-state index is 0.289. The quantitative estimate of drug-likeness (QED) is 0.539. The standard InChI is InChI=1S/C11H24.C5H10O/c1-5-7-9-11(8-6-2)10(3)4;1-3-4-5(2)6/h10-11H,5-9H2,1-4H3;3-4H2,1-2H3. The van der Waals surface area contributed by atoms with Gasteiger partial charge in [0.25, 0.3) is 0 Å². The van der Waals surface area contributed by atoms with Crippen LogP contribution in [0.25, 0.3) is 0 Å². The lowest BCUT2D eigenvalue weighted by Crippen LogP contribution is -2.07. The van der Waals surface area contributed by atoms with Gasteiger partial charge in [-0.1, -0.05) is 66.7 Å². The summed E-state index contributed by atoms with van der Waals surface area (Å²) in [5.74, 6) is 2.17. The summed E-state index contributed by atoms with van der Waals surface area (Å²) < 4.78 is 0. The van der Waals surface area contributed by atoms with Gasteiger partial charge in [-0.2, -0.15) is 0 Å². The van der Waals surface area contributed by atoms with Gasteiger partial charge in [0.05, 0.1) is 0 Å². The average Bonchev–Trinajstić information content (AvgIpc) is 2.24. The van der Waals surface area contributed by atoms with Crippen molar-refractivity contribution in [2.45, 2.75) is 86.5 Å². The highest BCUT2D eigenvalue weighted by Gasteiger charge is 2.10. The molecule has 0 fully saturated rings. The maximum atomic E-state index is 10.0. The van der Waals surface area contributed by atoms with Crippen molar-refractivity contribution in [3.63, 3.8) is 0 Å². The van der Waals surface area contributed by atoms with E-state index in [0.717, 1.165) is 24.7 Å². The highest BCUT2D eigenvalue weighted by Crippen LogP contribution is 2.22. The number of carbonyl (C=O) groups excluding carboxylic acids is 1. The van der Waals surface area contributed by atoms with Crippen molar-refractivity contribution in [1.29, 1.82) is 0 Å². The molecule has 104 valence electrons. The summed E-state index contributed by atoms with van der Waals surface area (Å²) in [4.78, 5) is 10.0. The van der Waals surface area contributed by atoms with E-state index in [1.165, 1.54) is 32.1 Å². The second-order valence-electron chi connectivity index (χ2n) is 5.39. The molecule has 1 heteroatoms. The van der Waals surface area contributed by atoms with Crippen LogP contribution in [-0.2, 0) is 4.79 Å². The molecule has 0 radical (unpaired) electrons. The number of hydrogen-bond donors (Lipinski definition) is 0. The zero-order valence-corrected chi connectivity index (χ0v) is 13.0. The normalized spacial score (nSPS) is 11.9. The molecule has 0 aromatic carbocycles. The summed E-state index contributed by atoms with van der Waals surface area (Å²) in [5, 5.41) is 0. The third kappa shape index (κ3) is 15.7. The van der Waals surface area contributed by atoms with E-state index in [2.05, 4.69) is 27.7 Å². The van der Waals surface area contributed by atoms with E-state index in [4.69, 9.17) is 0 Å². The Balaban J connectivity index is 0. The van der Waals surface area contributed by atoms with Gasteiger partial charge >= 0.3 is 0 Å². The summed E-state index contributed by atoms with van der Waals surface area (Å²) >= 11 is 0. The Kier molecular flexibility index (Phi) is 15.4. The Labute approximate surface area is 109 Å². The first-order chi connectivity index (χ1) is 7.99. The molecule has 0 amide bonds. The van der Waals surface area contributed by atoms with Crippen molar-refractivity contribution in [3.05, 3.63) is 0 Å².